The van der Waals surface area contributed by atoms with Gasteiger partial charge in [-0.3, -0.25) is 14.5 Å². The van der Waals surface area contributed by atoms with Crippen LogP contribution < -0.4 is 0 Å². The van der Waals surface area contributed by atoms with Crippen molar-refractivity contribution in [1.82, 2.24) is 9.21 Å². The molecule has 0 radical (unpaired) electrons. The molecule has 31 heavy (non-hydrogen) atoms. The van der Waals surface area contributed by atoms with Crippen LogP contribution in [0.25, 0.3) is 0 Å². The van der Waals surface area contributed by atoms with Crippen LogP contribution in [0.2, 0.25) is 0 Å². The summed E-state index contributed by atoms with van der Waals surface area (Å²) < 4.78 is 58.9. The van der Waals surface area contributed by atoms with Gasteiger partial charge in [-0.1, -0.05) is 0 Å². The molecular formula is C20H26F2N2O6S. The van der Waals surface area contributed by atoms with E-state index in [2.05, 4.69) is 4.90 Å². The molecule has 172 valence electrons. The Morgan fingerprint density at radius 3 is 2.32 bits per heavy atom. The number of piperidine rings is 1. The fourth-order valence-electron chi connectivity index (χ4n) is 4.54. The van der Waals surface area contributed by atoms with Crippen molar-refractivity contribution in [1.29, 1.82) is 0 Å². The van der Waals surface area contributed by atoms with E-state index < -0.39 is 27.1 Å². The molecule has 8 nitrogen and oxygen atoms in total. The number of ether oxygens (including phenoxy) is 1. The molecule has 1 unspecified atom stereocenters. The largest absolute Gasteiger partial charge is 0.483 e. The van der Waals surface area contributed by atoms with Crippen molar-refractivity contribution in [3.63, 3.8) is 0 Å². The highest BCUT2D eigenvalue weighted by Gasteiger charge is 2.51. The number of hydrogen-bond acceptors (Lipinski definition) is 6. The average Bonchev–Trinajstić information content (AvgIpc) is 3.33. The first kappa shape index (κ1) is 23.6. The highest BCUT2D eigenvalue weighted by Crippen LogP contribution is 2.44. The number of carboxylic acid groups (broad SMARTS) is 1. The van der Waals surface area contributed by atoms with Gasteiger partial charge in [0.15, 0.2) is 11.6 Å². The Morgan fingerprint density at radius 2 is 1.74 bits per heavy atom. The van der Waals surface area contributed by atoms with Crippen LogP contribution in [0.5, 0.6) is 0 Å². The van der Waals surface area contributed by atoms with Gasteiger partial charge >= 0.3 is 5.97 Å². The Kier molecular flexibility index (Phi) is 7.28. The average molecular weight is 460 g/mol. The zero-order chi connectivity index (χ0) is 22.6. The molecule has 3 fully saturated rings. The standard InChI is InChI=1S/C19H24F2N2O4S.CH2O2/c20-16-4-3-15(11-17(16)21)28(25,26)23-9-5-19(6-10-23)12-14(27-18(19)24)13-22-7-1-2-8-22;2-1-3/h3-4,11,14H,1-2,5-10,12-13H2;1H,(H,2,3). The van der Waals surface area contributed by atoms with E-state index in [-0.39, 0.29) is 36.5 Å². The Labute approximate surface area is 179 Å². The van der Waals surface area contributed by atoms with Crippen LogP contribution in [0.1, 0.15) is 32.1 Å². The van der Waals surface area contributed by atoms with Crippen molar-refractivity contribution in [2.75, 3.05) is 32.7 Å². The number of esters is 1. The fourth-order valence-corrected chi connectivity index (χ4v) is 6.00. The van der Waals surface area contributed by atoms with Gasteiger partial charge in [-0.2, -0.15) is 4.31 Å². The summed E-state index contributed by atoms with van der Waals surface area (Å²) in [6, 6.07) is 2.57. The molecule has 1 aromatic rings. The second kappa shape index (κ2) is 9.58. The number of benzene rings is 1. The molecule has 11 heteroatoms. The lowest BCUT2D eigenvalue weighted by Crippen LogP contribution is -2.45. The Bertz CT molecular complexity index is 912. The summed E-state index contributed by atoms with van der Waals surface area (Å²) in [6.07, 6.45) is 3.57. The molecule has 1 N–H and O–H groups in total. The molecule has 3 heterocycles. The SMILES string of the molecule is O=C1OC(CN2CCCC2)CC12CCN(S(=O)(=O)c1ccc(F)c(F)c1)CC2.O=CO. The monoisotopic (exact) mass is 460 g/mol. The first-order chi connectivity index (χ1) is 14.7. The van der Waals surface area contributed by atoms with E-state index in [1.807, 2.05) is 0 Å². The van der Waals surface area contributed by atoms with Crippen LogP contribution in [0.3, 0.4) is 0 Å². The summed E-state index contributed by atoms with van der Waals surface area (Å²) in [4.78, 5) is 22.9. The summed E-state index contributed by atoms with van der Waals surface area (Å²) >= 11 is 0. The minimum absolute atomic E-state index is 0.139. The maximum Gasteiger partial charge on any atom is 0.312 e. The van der Waals surface area contributed by atoms with E-state index in [0.29, 0.717) is 25.3 Å². The summed E-state index contributed by atoms with van der Waals surface area (Å²) in [5.74, 6) is -2.52. The molecule has 4 rings (SSSR count). The third-order valence-electron chi connectivity index (χ3n) is 6.19. The predicted molar refractivity (Wildman–Crippen MR) is 106 cm³/mol. The van der Waals surface area contributed by atoms with E-state index in [4.69, 9.17) is 14.6 Å². The van der Waals surface area contributed by atoms with Crippen molar-refractivity contribution in [3.05, 3.63) is 29.8 Å². The molecule has 3 aliphatic rings. The molecule has 0 aromatic heterocycles. The highest BCUT2D eigenvalue weighted by molar-refractivity contribution is 7.89. The topological polar surface area (TPSA) is 104 Å². The van der Waals surface area contributed by atoms with Crippen LogP contribution in [-0.4, -0.2) is 74.0 Å². The Balaban J connectivity index is 0.000000858. The zero-order valence-electron chi connectivity index (χ0n) is 17.0. The number of nitrogens with zero attached hydrogens (tertiary/aromatic N) is 2. The minimum atomic E-state index is -3.93. The minimum Gasteiger partial charge on any atom is -0.483 e. The molecule has 1 atom stereocenters. The lowest BCUT2D eigenvalue weighted by molar-refractivity contribution is -0.150. The molecule has 1 spiro atoms. The highest BCUT2D eigenvalue weighted by atomic mass is 32.2. The van der Waals surface area contributed by atoms with E-state index in [1.165, 1.54) is 17.1 Å². The first-order valence-electron chi connectivity index (χ1n) is 10.2. The molecule has 0 saturated carbocycles. The van der Waals surface area contributed by atoms with Gasteiger partial charge in [-0.25, -0.2) is 17.2 Å². The Morgan fingerprint density at radius 1 is 1.13 bits per heavy atom. The molecule has 0 amide bonds. The maximum atomic E-state index is 13.5. The molecular weight excluding hydrogens is 434 g/mol. The van der Waals surface area contributed by atoms with Gasteiger partial charge in [0, 0.05) is 26.1 Å². The second-order valence-electron chi connectivity index (χ2n) is 8.10. The van der Waals surface area contributed by atoms with Crippen LogP contribution in [0.15, 0.2) is 23.1 Å². The van der Waals surface area contributed by atoms with Crippen molar-refractivity contribution < 1.29 is 36.6 Å². The molecule has 0 bridgehead atoms. The number of sulfonamides is 1. The third kappa shape index (κ3) is 5.04. The molecule has 1 aromatic carbocycles. The Hall–Kier alpha value is -2.11. The number of carbonyl (C=O) groups is 2. The van der Waals surface area contributed by atoms with E-state index >= 15 is 0 Å². The van der Waals surface area contributed by atoms with E-state index in [9.17, 15) is 22.0 Å². The number of halogens is 2. The van der Waals surface area contributed by atoms with Gasteiger partial charge < -0.3 is 9.84 Å². The van der Waals surface area contributed by atoms with Gasteiger partial charge in [0.2, 0.25) is 10.0 Å². The van der Waals surface area contributed by atoms with E-state index in [1.54, 1.807) is 0 Å². The quantitative estimate of drug-likeness (QED) is 0.540. The van der Waals surface area contributed by atoms with Crippen molar-refractivity contribution in [2.45, 2.75) is 43.1 Å². The fraction of sp³-hybridized carbons (Fsp3) is 0.600. The zero-order valence-corrected chi connectivity index (χ0v) is 17.8. The second-order valence-corrected chi connectivity index (χ2v) is 10.0. The summed E-state index contributed by atoms with van der Waals surface area (Å²) in [6.45, 7) is 2.87. The smallest absolute Gasteiger partial charge is 0.312 e. The normalized spacial score (nSPS) is 23.9. The third-order valence-corrected chi connectivity index (χ3v) is 8.09. The van der Waals surface area contributed by atoms with Crippen LogP contribution >= 0.6 is 0 Å². The van der Waals surface area contributed by atoms with Gasteiger partial charge in [-0.15, -0.1) is 0 Å². The van der Waals surface area contributed by atoms with Gasteiger partial charge in [0.25, 0.3) is 6.47 Å². The van der Waals surface area contributed by atoms with Crippen molar-refractivity contribution in [3.8, 4) is 0 Å². The van der Waals surface area contributed by atoms with E-state index in [0.717, 1.165) is 31.8 Å². The molecule has 0 aliphatic carbocycles. The number of likely N-dealkylation sites (tertiary alicyclic amines) is 1. The number of carbonyl (C=O) groups excluding carboxylic acids is 1. The van der Waals surface area contributed by atoms with Gasteiger partial charge in [0.1, 0.15) is 6.10 Å². The summed E-state index contributed by atoms with van der Waals surface area (Å²) in [5, 5.41) is 6.89. The number of hydrogen-bond donors (Lipinski definition) is 1. The first-order valence-corrected chi connectivity index (χ1v) is 11.6. The number of rotatable bonds is 4. The molecule has 3 saturated heterocycles. The summed E-state index contributed by atoms with van der Waals surface area (Å²) in [5.41, 5.74) is -0.634. The lowest BCUT2D eigenvalue weighted by Gasteiger charge is -2.35. The number of cyclic esters (lactones) is 1. The maximum absolute atomic E-state index is 13.5. The summed E-state index contributed by atoms with van der Waals surface area (Å²) in [7, 11) is -3.93. The molecule has 3 aliphatic heterocycles. The van der Waals surface area contributed by atoms with Crippen LogP contribution in [-0.2, 0) is 24.3 Å². The van der Waals surface area contributed by atoms with Crippen molar-refractivity contribution >= 4 is 22.5 Å². The van der Waals surface area contributed by atoms with Gasteiger partial charge in [-0.05, 0) is 57.0 Å². The van der Waals surface area contributed by atoms with Gasteiger partial charge in [0.05, 0.1) is 10.3 Å². The predicted octanol–water partition coefficient (Wildman–Crippen LogP) is 1.85. The lowest BCUT2D eigenvalue weighted by atomic mass is 9.76. The van der Waals surface area contributed by atoms with Crippen LogP contribution in [0.4, 0.5) is 8.78 Å². The van der Waals surface area contributed by atoms with Crippen molar-refractivity contribution in [2.24, 2.45) is 5.41 Å². The van der Waals surface area contributed by atoms with Crippen LogP contribution in [0, 0.1) is 17.0 Å².